The van der Waals surface area contributed by atoms with Crippen LogP contribution in [-0.2, 0) is 11.3 Å². The summed E-state index contributed by atoms with van der Waals surface area (Å²) in [5.74, 6) is 0. The largest absolute Gasteiger partial charge is 0.372 e. The molecular formula is C17H31NO. The van der Waals surface area contributed by atoms with Gasteiger partial charge in [0.05, 0.1) is 12.7 Å². The zero-order valence-electron chi connectivity index (χ0n) is 13.5. The molecule has 0 saturated carbocycles. The predicted molar refractivity (Wildman–Crippen MR) is 84.4 cm³/mol. The van der Waals surface area contributed by atoms with Gasteiger partial charge in [0.1, 0.15) is 0 Å². The summed E-state index contributed by atoms with van der Waals surface area (Å²) in [4.78, 5) is 2.33. The van der Waals surface area contributed by atoms with Crippen LogP contribution >= 0.6 is 0 Å². The van der Waals surface area contributed by atoms with E-state index in [9.17, 15) is 0 Å². The molecule has 0 aromatic heterocycles. The summed E-state index contributed by atoms with van der Waals surface area (Å²) in [6.45, 7) is 12.3. The Hall–Kier alpha value is -0.860. The smallest absolute Gasteiger partial charge is 0.0721 e. The average molecular weight is 265 g/mol. The highest BCUT2D eigenvalue weighted by Crippen LogP contribution is 2.08. The summed E-state index contributed by atoms with van der Waals surface area (Å²) in [5.41, 5.74) is 1.25. The number of rotatable bonds is 7. The van der Waals surface area contributed by atoms with E-state index in [1.807, 2.05) is 19.9 Å². The van der Waals surface area contributed by atoms with E-state index < -0.39 is 0 Å². The fraction of sp³-hybridized carbons (Fsp3) is 0.647. The molecule has 0 saturated heterocycles. The van der Waals surface area contributed by atoms with Crippen molar-refractivity contribution in [3.63, 3.8) is 0 Å². The van der Waals surface area contributed by atoms with Crippen molar-refractivity contribution in [3.05, 3.63) is 35.9 Å². The number of nitrogens with zero attached hydrogens (tertiary/aromatic N) is 1. The van der Waals surface area contributed by atoms with E-state index in [1.54, 1.807) is 0 Å². The van der Waals surface area contributed by atoms with Crippen LogP contribution in [0.25, 0.3) is 0 Å². The number of hydrogen-bond acceptors (Lipinski definition) is 2. The Morgan fingerprint density at radius 3 is 2.16 bits per heavy atom. The minimum absolute atomic E-state index is 0.322. The molecule has 1 aromatic carbocycles. The van der Waals surface area contributed by atoms with E-state index in [1.165, 1.54) is 5.56 Å². The quantitative estimate of drug-likeness (QED) is 0.727. The molecule has 0 fully saturated rings. The highest BCUT2D eigenvalue weighted by Gasteiger charge is 2.12. The van der Waals surface area contributed by atoms with Crippen LogP contribution < -0.4 is 0 Å². The van der Waals surface area contributed by atoms with Crippen LogP contribution in [0.15, 0.2) is 30.3 Å². The SMILES string of the molecule is CC.CCC(CN(C)C(C)C)OCc1ccccc1. The third kappa shape index (κ3) is 8.02. The summed E-state index contributed by atoms with van der Waals surface area (Å²) in [5, 5.41) is 0. The number of ether oxygens (including phenoxy) is 1. The van der Waals surface area contributed by atoms with Gasteiger partial charge < -0.3 is 9.64 Å². The van der Waals surface area contributed by atoms with Gasteiger partial charge in [-0.1, -0.05) is 51.1 Å². The Bertz CT molecular complexity index is 297. The third-order valence-electron chi connectivity index (χ3n) is 3.16. The molecule has 1 rings (SSSR count). The summed E-state index contributed by atoms with van der Waals surface area (Å²) in [6.07, 6.45) is 1.38. The summed E-state index contributed by atoms with van der Waals surface area (Å²) < 4.78 is 5.96. The lowest BCUT2D eigenvalue weighted by Gasteiger charge is -2.26. The first kappa shape index (κ1) is 18.1. The first-order chi connectivity index (χ1) is 9.13. The molecule has 1 aromatic rings. The second kappa shape index (κ2) is 11.0. The Balaban J connectivity index is 0.00000154. The van der Waals surface area contributed by atoms with Gasteiger partial charge in [0, 0.05) is 12.6 Å². The fourth-order valence-corrected chi connectivity index (χ4v) is 1.62. The van der Waals surface area contributed by atoms with E-state index >= 15 is 0 Å². The van der Waals surface area contributed by atoms with Gasteiger partial charge in [-0.05, 0) is 32.9 Å². The van der Waals surface area contributed by atoms with Crippen LogP contribution in [0.4, 0.5) is 0 Å². The lowest BCUT2D eigenvalue weighted by atomic mass is 10.2. The molecule has 0 radical (unpaired) electrons. The van der Waals surface area contributed by atoms with Crippen LogP contribution in [0.3, 0.4) is 0 Å². The van der Waals surface area contributed by atoms with Crippen molar-refractivity contribution in [1.29, 1.82) is 0 Å². The zero-order valence-corrected chi connectivity index (χ0v) is 13.5. The van der Waals surface area contributed by atoms with Crippen LogP contribution in [-0.4, -0.2) is 30.6 Å². The molecule has 19 heavy (non-hydrogen) atoms. The molecule has 0 bridgehead atoms. The first-order valence-electron chi connectivity index (χ1n) is 7.49. The van der Waals surface area contributed by atoms with E-state index in [-0.39, 0.29) is 0 Å². The Morgan fingerprint density at radius 1 is 1.11 bits per heavy atom. The average Bonchev–Trinajstić information content (AvgIpc) is 2.46. The number of hydrogen-bond donors (Lipinski definition) is 0. The maximum atomic E-state index is 5.96. The molecule has 0 aliphatic carbocycles. The molecule has 0 aliphatic heterocycles. The molecule has 1 atom stereocenters. The lowest BCUT2D eigenvalue weighted by molar-refractivity contribution is 0.0128. The van der Waals surface area contributed by atoms with Crippen LogP contribution in [0, 0.1) is 0 Å². The summed E-state index contributed by atoms with van der Waals surface area (Å²) >= 11 is 0. The van der Waals surface area contributed by atoms with Crippen molar-refractivity contribution in [1.82, 2.24) is 4.90 Å². The Labute approximate surface area is 119 Å². The lowest BCUT2D eigenvalue weighted by Crippen LogP contribution is -2.35. The number of likely N-dealkylation sites (N-methyl/N-ethyl adjacent to an activating group) is 1. The van der Waals surface area contributed by atoms with Crippen molar-refractivity contribution in [2.45, 2.75) is 59.8 Å². The van der Waals surface area contributed by atoms with E-state index in [4.69, 9.17) is 4.74 Å². The van der Waals surface area contributed by atoms with Crippen molar-refractivity contribution in [2.24, 2.45) is 0 Å². The first-order valence-corrected chi connectivity index (χ1v) is 7.49. The highest BCUT2D eigenvalue weighted by atomic mass is 16.5. The van der Waals surface area contributed by atoms with Gasteiger partial charge in [0.2, 0.25) is 0 Å². The van der Waals surface area contributed by atoms with Crippen LogP contribution in [0.1, 0.15) is 46.6 Å². The molecule has 0 amide bonds. The van der Waals surface area contributed by atoms with Gasteiger partial charge in [0.25, 0.3) is 0 Å². The summed E-state index contributed by atoms with van der Waals surface area (Å²) in [6, 6.07) is 10.9. The van der Waals surface area contributed by atoms with Crippen molar-refractivity contribution >= 4 is 0 Å². The van der Waals surface area contributed by atoms with E-state index in [0.717, 1.165) is 13.0 Å². The minimum Gasteiger partial charge on any atom is -0.372 e. The monoisotopic (exact) mass is 265 g/mol. The van der Waals surface area contributed by atoms with Crippen molar-refractivity contribution in [3.8, 4) is 0 Å². The standard InChI is InChI=1S/C15H25NO.C2H6/c1-5-15(11-16(4)13(2)3)17-12-14-9-7-6-8-10-14;1-2/h6-10,13,15H,5,11-12H2,1-4H3;1-2H3. The molecule has 110 valence electrons. The second-order valence-corrected chi connectivity index (χ2v) is 4.86. The molecule has 2 nitrogen and oxygen atoms in total. The topological polar surface area (TPSA) is 12.5 Å². The van der Waals surface area contributed by atoms with Gasteiger partial charge in [-0.3, -0.25) is 0 Å². The van der Waals surface area contributed by atoms with Gasteiger partial charge in [-0.25, -0.2) is 0 Å². The molecule has 2 heteroatoms. The highest BCUT2D eigenvalue weighted by molar-refractivity contribution is 5.13. The summed E-state index contributed by atoms with van der Waals surface area (Å²) in [7, 11) is 2.15. The molecule has 0 heterocycles. The van der Waals surface area contributed by atoms with Crippen LogP contribution in [0.5, 0.6) is 0 Å². The molecule has 0 N–H and O–H groups in total. The van der Waals surface area contributed by atoms with Gasteiger partial charge >= 0.3 is 0 Å². The maximum Gasteiger partial charge on any atom is 0.0721 e. The van der Waals surface area contributed by atoms with Crippen LogP contribution in [0.2, 0.25) is 0 Å². The van der Waals surface area contributed by atoms with Gasteiger partial charge in [-0.2, -0.15) is 0 Å². The number of benzene rings is 1. The second-order valence-electron chi connectivity index (χ2n) is 4.86. The third-order valence-corrected chi connectivity index (χ3v) is 3.16. The Morgan fingerprint density at radius 2 is 1.68 bits per heavy atom. The normalized spacial score (nSPS) is 12.2. The van der Waals surface area contributed by atoms with Crippen molar-refractivity contribution in [2.75, 3.05) is 13.6 Å². The Kier molecular flexibility index (Phi) is 10.5. The van der Waals surface area contributed by atoms with Gasteiger partial charge in [-0.15, -0.1) is 0 Å². The molecule has 0 spiro atoms. The molecular weight excluding hydrogens is 234 g/mol. The fourth-order valence-electron chi connectivity index (χ4n) is 1.62. The zero-order chi connectivity index (χ0) is 14.7. The molecule has 0 aliphatic rings. The van der Waals surface area contributed by atoms with E-state index in [2.05, 4.69) is 57.0 Å². The van der Waals surface area contributed by atoms with E-state index in [0.29, 0.717) is 18.8 Å². The predicted octanol–water partition coefficient (Wildman–Crippen LogP) is 4.35. The van der Waals surface area contributed by atoms with Gasteiger partial charge in [0.15, 0.2) is 0 Å². The maximum absolute atomic E-state index is 5.96. The van der Waals surface area contributed by atoms with Crippen molar-refractivity contribution < 1.29 is 4.74 Å². The minimum atomic E-state index is 0.322. The molecule has 1 unspecified atom stereocenters.